The van der Waals surface area contributed by atoms with Crippen LogP contribution in [-0.2, 0) is 16.8 Å². The van der Waals surface area contributed by atoms with Crippen molar-refractivity contribution >= 4 is 29.4 Å². The van der Waals surface area contributed by atoms with Crippen LogP contribution in [0.2, 0.25) is 0 Å². The first kappa shape index (κ1) is 21.2. The fourth-order valence-electron chi connectivity index (χ4n) is 3.17. The van der Waals surface area contributed by atoms with Crippen LogP contribution in [-0.4, -0.2) is 33.9 Å². The molecule has 3 amide bonds. The maximum atomic E-state index is 12.8. The molecule has 0 bridgehead atoms. The molecule has 0 spiro atoms. The number of carbonyl (C=O) groups excluding carboxylic acids is 2. The lowest BCUT2D eigenvalue weighted by atomic mass is 9.85. The summed E-state index contributed by atoms with van der Waals surface area (Å²) in [7, 11) is 0. The van der Waals surface area contributed by atoms with Crippen molar-refractivity contribution in [2.75, 3.05) is 11.4 Å². The summed E-state index contributed by atoms with van der Waals surface area (Å²) in [4.78, 5) is 31.8. The molecule has 0 saturated carbocycles. The van der Waals surface area contributed by atoms with Crippen molar-refractivity contribution in [2.45, 2.75) is 43.1 Å². The number of benzene rings is 1. The average molecular weight is 423 g/mol. The molecule has 29 heavy (non-hydrogen) atoms. The van der Waals surface area contributed by atoms with Crippen LogP contribution in [0, 0.1) is 0 Å². The number of pyridine rings is 1. The van der Waals surface area contributed by atoms with E-state index in [1.807, 2.05) is 26.8 Å². The van der Waals surface area contributed by atoms with Crippen molar-refractivity contribution in [3.63, 3.8) is 0 Å². The molecule has 0 unspecified atom stereocenters. The lowest BCUT2D eigenvalue weighted by Crippen LogP contribution is -2.33. The van der Waals surface area contributed by atoms with E-state index in [-0.39, 0.29) is 40.8 Å². The van der Waals surface area contributed by atoms with Gasteiger partial charge in [-0.2, -0.15) is 13.2 Å². The topological polar surface area (TPSA) is 53.5 Å². The van der Waals surface area contributed by atoms with Crippen molar-refractivity contribution in [3.05, 3.63) is 53.9 Å². The summed E-state index contributed by atoms with van der Waals surface area (Å²) in [6, 6.07) is 6.52. The number of carbonyl (C=O) groups is 2. The largest absolute Gasteiger partial charge is 0.446 e. The zero-order chi connectivity index (χ0) is 21.4. The van der Waals surface area contributed by atoms with Crippen LogP contribution in [0.1, 0.15) is 31.9 Å². The fraction of sp³-hybridized carbons (Fsp3) is 0.350. The SMILES string of the molecule is CC(C)(C)c1cnccc1CN1CC(=O)N(c2ccc(SC(F)(F)F)cc2)C1=O. The molecule has 2 heterocycles. The van der Waals surface area contributed by atoms with E-state index in [1.54, 1.807) is 12.4 Å². The molecule has 0 aliphatic carbocycles. The zero-order valence-electron chi connectivity index (χ0n) is 16.2. The van der Waals surface area contributed by atoms with Crippen molar-refractivity contribution < 1.29 is 22.8 Å². The van der Waals surface area contributed by atoms with Crippen molar-refractivity contribution in [1.29, 1.82) is 0 Å². The number of aromatic nitrogens is 1. The number of hydrogen-bond donors (Lipinski definition) is 0. The van der Waals surface area contributed by atoms with Crippen LogP contribution in [0.3, 0.4) is 0 Å². The highest BCUT2D eigenvalue weighted by Crippen LogP contribution is 2.37. The van der Waals surface area contributed by atoms with Gasteiger partial charge in [0, 0.05) is 23.8 Å². The highest BCUT2D eigenvalue weighted by molar-refractivity contribution is 8.00. The minimum atomic E-state index is -4.40. The Balaban J connectivity index is 1.79. The Labute approximate surface area is 170 Å². The van der Waals surface area contributed by atoms with E-state index in [0.29, 0.717) is 0 Å². The second-order valence-electron chi connectivity index (χ2n) is 7.69. The van der Waals surface area contributed by atoms with Gasteiger partial charge in [-0.05, 0) is 58.6 Å². The van der Waals surface area contributed by atoms with E-state index in [9.17, 15) is 22.8 Å². The van der Waals surface area contributed by atoms with Crippen molar-refractivity contribution in [3.8, 4) is 0 Å². The molecular weight excluding hydrogens is 403 g/mol. The lowest BCUT2D eigenvalue weighted by Gasteiger charge is -2.24. The van der Waals surface area contributed by atoms with Gasteiger partial charge >= 0.3 is 11.5 Å². The molecule has 1 aliphatic heterocycles. The maximum Gasteiger partial charge on any atom is 0.446 e. The molecule has 0 N–H and O–H groups in total. The molecule has 154 valence electrons. The minimum Gasteiger partial charge on any atom is -0.310 e. The van der Waals surface area contributed by atoms with Gasteiger partial charge in [0.15, 0.2) is 0 Å². The number of thioether (sulfide) groups is 1. The Hall–Kier alpha value is -2.55. The number of rotatable bonds is 4. The Morgan fingerprint density at radius 2 is 1.72 bits per heavy atom. The lowest BCUT2D eigenvalue weighted by molar-refractivity contribution is -0.116. The number of amides is 3. The van der Waals surface area contributed by atoms with E-state index in [2.05, 4.69) is 4.98 Å². The molecule has 0 radical (unpaired) electrons. The summed E-state index contributed by atoms with van der Waals surface area (Å²) in [6.45, 7) is 6.27. The van der Waals surface area contributed by atoms with Gasteiger partial charge in [-0.1, -0.05) is 20.8 Å². The number of halogens is 3. The Kier molecular flexibility index (Phi) is 5.62. The van der Waals surface area contributed by atoms with E-state index in [0.717, 1.165) is 16.0 Å². The summed E-state index contributed by atoms with van der Waals surface area (Å²) in [5, 5.41) is 0. The van der Waals surface area contributed by atoms with E-state index < -0.39 is 17.4 Å². The average Bonchev–Trinajstić information content (AvgIpc) is 2.88. The number of imide groups is 1. The fourth-order valence-corrected chi connectivity index (χ4v) is 3.71. The van der Waals surface area contributed by atoms with Crippen molar-refractivity contribution in [2.24, 2.45) is 0 Å². The number of nitrogens with zero attached hydrogens (tertiary/aromatic N) is 3. The number of urea groups is 1. The predicted octanol–water partition coefficient (Wildman–Crippen LogP) is 4.96. The molecule has 1 fully saturated rings. The first-order valence-corrected chi connectivity index (χ1v) is 9.68. The first-order valence-electron chi connectivity index (χ1n) is 8.87. The van der Waals surface area contributed by atoms with Gasteiger partial charge in [-0.3, -0.25) is 9.78 Å². The zero-order valence-corrected chi connectivity index (χ0v) is 17.0. The standard InChI is InChI=1S/C20H20F3N3O2S/c1-19(2,3)16-10-24-9-8-13(16)11-25-12-17(27)26(18(25)28)14-4-6-15(7-5-14)29-20(21,22)23/h4-10H,11-12H2,1-3H3. The van der Waals surface area contributed by atoms with Crippen LogP contribution in [0.25, 0.3) is 0 Å². The van der Waals surface area contributed by atoms with Crippen LogP contribution < -0.4 is 4.90 Å². The summed E-state index contributed by atoms with van der Waals surface area (Å²) in [6.07, 6.45) is 3.40. The van der Waals surface area contributed by atoms with E-state index >= 15 is 0 Å². The summed E-state index contributed by atoms with van der Waals surface area (Å²) in [5.41, 5.74) is -2.45. The smallest absolute Gasteiger partial charge is 0.310 e. The van der Waals surface area contributed by atoms with Crippen LogP contribution in [0.15, 0.2) is 47.6 Å². The molecular formula is C20H20F3N3O2S. The van der Waals surface area contributed by atoms with E-state index in [4.69, 9.17) is 0 Å². The molecule has 5 nitrogen and oxygen atoms in total. The predicted molar refractivity (Wildman–Crippen MR) is 105 cm³/mol. The molecule has 1 aliphatic rings. The monoisotopic (exact) mass is 423 g/mol. The van der Waals surface area contributed by atoms with Gasteiger partial charge < -0.3 is 4.90 Å². The summed E-state index contributed by atoms with van der Waals surface area (Å²) < 4.78 is 37.4. The molecule has 1 aromatic carbocycles. The molecule has 1 aromatic heterocycles. The van der Waals surface area contributed by atoms with Gasteiger partial charge in [0.05, 0.1) is 5.69 Å². The quantitative estimate of drug-likeness (QED) is 0.515. The number of alkyl halides is 3. The van der Waals surface area contributed by atoms with Gasteiger partial charge in [0.25, 0.3) is 5.91 Å². The minimum absolute atomic E-state index is 0.0104. The second-order valence-corrected chi connectivity index (χ2v) is 8.83. The van der Waals surface area contributed by atoms with Gasteiger partial charge in [-0.15, -0.1) is 0 Å². The Morgan fingerprint density at radius 3 is 2.31 bits per heavy atom. The molecule has 1 saturated heterocycles. The molecule has 9 heteroatoms. The highest BCUT2D eigenvalue weighted by atomic mass is 32.2. The van der Waals surface area contributed by atoms with Gasteiger partial charge in [-0.25, -0.2) is 9.69 Å². The first-order chi connectivity index (χ1) is 13.5. The molecule has 0 atom stereocenters. The van der Waals surface area contributed by atoms with Crippen LogP contribution >= 0.6 is 11.8 Å². The second kappa shape index (κ2) is 7.70. The highest BCUT2D eigenvalue weighted by Gasteiger charge is 2.38. The summed E-state index contributed by atoms with van der Waals surface area (Å²) in [5.74, 6) is -0.419. The number of anilines is 1. The van der Waals surface area contributed by atoms with E-state index in [1.165, 1.54) is 29.2 Å². The van der Waals surface area contributed by atoms with Crippen LogP contribution in [0.4, 0.5) is 23.7 Å². The van der Waals surface area contributed by atoms with Crippen LogP contribution in [0.5, 0.6) is 0 Å². The van der Waals surface area contributed by atoms with Gasteiger partial charge in [0.2, 0.25) is 0 Å². The van der Waals surface area contributed by atoms with Gasteiger partial charge in [0.1, 0.15) is 6.54 Å². The number of hydrogen-bond acceptors (Lipinski definition) is 4. The Bertz CT molecular complexity index is 924. The third-order valence-electron chi connectivity index (χ3n) is 4.45. The normalized spacial score (nSPS) is 15.4. The molecule has 2 aromatic rings. The molecule has 3 rings (SSSR count). The third kappa shape index (κ3) is 4.90. The summed E-state index contributed by atoms with van der Waals surface area (Å²) >= 11 is -0.245. The third-order valence-corrected chi connectivity index (χ3v) is 5.19. The maximum absolute atomic E-state index is 12.8. The Morgan fingerprint density at radius 1 is 1.07 bits per heavy atom. The van der Waals surface area contributed by atoms with Crippen molar-refractivity contribution in [1.82, 2.24) is 9.88 Å².